The van der Waals surface area contributed by atoms with Gasteiger partial charge in [0.2, 0.25) is 0 Å². The average molecular weight is 167 g/mol. The van der Waals surface area contributed by atoms with Crippen molar-refractivity contribution >= 4 is 0 Å². The predicted molar refractivity (Wildman–Crippen MR) is 50.4 cm³/mol. The van der Waals surface area contributed by atoms with Crippen LogP contribution in [0.1, 0.15) is 20.3 Å². The third kappa shape index (κ3) is 1.89. The molecule has 1 heterocycles. The van der Waals surface area contributed by atoms with Crippen molar-refractivity contribution < 1.29 is 4.84 Å². The van der Waals surface area contributed by atoms with Crippen LogP contribution in [0.3, 0.4) is 0 Å². The zero-order valence-electron chi connectivity index (χ0n) is 8.13. The van der Waals surface area contributed by atoms with E-state index < -0.39 is 0 Å². The molecule has 1 aliphatic heterocycles. The van der Waals surface area contributed by atoms with Gasteiger partial charge in [-0.25, -0.2) is 0 Å². The number of hydroxylamine groups is 2. The first-order valence-corrected chi connectivity index (χ1v) is 4.28. The van der Waals surface area contributed by atoms with Crippen molar-refractivity contribution in [2.24, 2.45) is 5.41 Å². The van der Waals surface area contributed by atoms with E-state index in [1.54, 1.807) is 5.06 Å². The SMILES string of the molecule is C=C1N(C)OCC/C=C\C1(C)C. The summed E-state index contributed by atoms with van der Waals surface area (Å²) < 4.78 is 0. The zero-order chi connectivity index (χ0) is 9.19. The molecule has 0 bridgehead atoms. The molecular weight excluding hydrogens is 150 g/mol. The highest BCUT2D eigenvalue weighted by Gasteiger charge is 2.22. The molecule has 0 radical (unpaired) electrons. The van der Waals surface area contributed by atoms with Crippen LogP contribution in [0, 0.1) is 5.41 Å². The molecule has 1 rings (SSSR count). The maximum atomic E-state index is 5.41. The quantitative estimate of drug-likeness (QED) is 0.513. The Morgan fingerprint density at radius 1 is 1.58 bits per heavy atom. The third-order valence-electron chi connectivity index (χ3n) is 2.23. The number of allylic oxidation sites excluding steroid dienone is 1. The van der Waals surface area contributed by atoms with Crippen LogP contribution in [-0.2, 0) is 4.84 Å². The summed E-state index contributed by atoms with van der Waals surface area (Å²) in [7, 11) is 1.91. The highest BCUT2D eigenvalue weighted by Crippen LogP contribution is 2.29. The number of hydrogen-bond donors (Lipinski definition) is 0. The molecule has 2 nitrogen and oxygen atoms in total. The maximum Gasteiger partial charge on any atom is 0.0782 e. The molecule has 0 spiro atoms. The van der Waals surface area contributed by atoms with Crippen LogP contribution < -0.4 is 0 Å². The molecule has 1 aliphatic rings. The monoisotopic (exact) mass is 167 g/mol. The molecule has 0 saturated carbocycles. The largest absolute Gasteiger partial charge is 0.274 e. The van der Waals surface area contributed by atoms with Crippen molar-refractivity contribution in [1.82, 2.24) is 5.06 Å². The Labute approximate surface area is 74.5 Å². The van der Waals surface area contributed by atoms with E-state index >= 15 is 0 Å². The van der Waals surface area contributed by atoms with Gasteiger partial charge >= 0.3 is 0 Å². The minimum absolute atomic E-state index is 0.00910. The highest BCUT2D eigenvalue weighted by molar-refractivity contribution is 5.14. The third-order valence-corrected chi connectivity index (χ3v) is 2.23. The first kappa shape index (κ1) is 9.33. The lowest BCUT2D eigenvalue weighted by molar-refractivity contribution is -0.121. The highest BCUT2D eigenvalue weighted by atomic mass is 16.7. The van der Waals surface area contributed by atoms with Crippen molar-refractivity contribution in [2.45, 2.75) is 20.3 Å². The number of rotatable bonds is 0. The Morgan fingerprint density at radius 2 is 2.25 bits per heavy atom. The first-order chi connectivity index (χ1) is 5.54. The molecule has 0 atom stereocenters. The van der Waals surface area contributed by atoms with E-state index in [1.807, 2.05) is 7.05 Å². The van der Waals surface area contributed by atoms with Crippen molar-refractivity contribution in [3.63, 3.8) is 0 Å². The molecule has 0 N–H and O–H groups in total. The van der Waals surface area contributed by atoms with E-state index in [1.165, 1.54) is 0 Å². The fourth-order valence-corrected chi connectivity index (χ4v) is 1.22. The minimum Gasteiger partial charge on any atom is -0.274 e. The summed E-state index contributed by atoms with van der Waals surface area (Å²) in [6.45, 7) is 9.01. The summed E-state index contributed by atoms with van der Waals surface area (Å²) in [4.78, 5) is 5.41. The molecule has 0 fully saturated rings. The summed E-state index contributed by atoms with van der Waals surface area (Å²) in [6, 6.07) is 0. The van der Waals surface area contributed by atoms with Crippen LogP contribution in [0.2, 0.25) is 0 Å². The van der Waals surface area contributed by atoms with Gasteiger partial charge in [0.15, 0.2) is 0 Å². The second-order valence-electron chi connectivity index (χ2n) is 3.69. The number of hydrogen-bond acceptors (Lipinski definition) is 2. The van der Waals surface area contributed by atoms with E-state index in [4.69, 9.17) is 4.84 Å². The summed E-state index contributed by atoms with van der Waals surface area (Å²) in [5.74, 6) is 0. The van der Waals surface area contributed by atoms with Crippen LogP contribution in [0.4, 0.5) is 0 Å². The Balaban J connectivity index is 2.83. The normalized spacial score (nSPS) is 26.2. The van der Waals surface area contributed by atoms with Crippen LogP contribution in [0.5, 0.6) is 0 Å². The Kier molecular flexibility index (Phi) is 2.58. The fourth-order valence-electron chi connectivity index (χ4n) is 1.22. The molecule has 0 aromatic carbocycles. The van der Waals surface area contributed by atoms with Crippen molar-refractivity contribution in [1.29, 1.82) is 0 Å². The molecule has 0 aromatic rings. The van der Waals surface area contributed by atoms with Gasteiger partial charge in [-0.15, -0.1) is 0 Å². The van der Waals surface area contributed by atoms with Crippen LogP contribution in [0.25, 0.3) is 0 Å². The van der Waals surface area contributed by atoms with E-state index in [9.17, 15) is 0 Å². The average Bonchev–Trinajstić information content (AvgIpc) is 2.00. The van der Waals surface area contributed by atoms with Crippen LogP contribution >= 0.6 is 0 Å². The minimum atomic E-state index is 0.00910. The van der Waals surface area contributed by atoms with E-state index in [0.29, 0.717) is 0 Å². The van der Waals surface area contributed by atoms with Crippen molar-refractivity contribution in [3.05, 3.63) is 24.4 Å². The number of nitrogens with zero attached hydrogens (tertiary/aromatic N) is 1. The Bertz CT molecular complexity index is 206. The molecule has 0 unspecified atom stereocenters. The molecule has 68 valence electrons. The van der Waals surface area contributed by atoms with Crippen LogP contribution in [0.15, 0.2) is 24.4 Å². The molecule has 0 amide bonds. The van der Waals surface area contributed by atoms with E-state index in [2.05, 4.69) is 32.6 Å². The molecule has 0 aliphatic carbocycles. The fraction of sp³-hybridized carbons (Fsp3) is 0.600. The van der Waals surface area contributed by atoms with Gasteiger partial charge in [-0.2, -0.15) is 0 Å². The first-order valence-electron chi connectivity index (χ1n) is 4.28. The lowest BCUT2D eigenvalue weighted by Gasteiger charge is -2.32. The molecular formula is C10H17NO. The summed E-state index contributed by atoms with van der Waals surface area (Å²) in [5.41, 5.74) is 1.01. The van der Waals surface area contributed by atoms with E-state index in [-0.39, 0.29) is 5.41 Å². The van der Waals surface area contributed by atoms with Gasteiger partial charge in [-0.05, 0) is 6.42 Å². The zero-order valence-corrected chi connectivity index (χ0v) is 8.13. The molecule has 0 saturated heterocycles. The Morgan fingerprint density at radius 3 is 2.92 bits per heavy atom. The lowest BCUT2D eigenvalue weighted by atomic mass is 9.89. The van der Waals surface area contributed by atoms with Crippen LogP contribution in [-0.4, -0.2) is 18.7 Å². The van der Waals surface area contributed by atoms with Crippen molar-refractivity contribution in [3.8, 4) is 0 Å². The van der Waals surface area contributed by atoms with Gasteiger partial charge in [0.05, 0.1) is 6.61 Å². The lowest BCUT2D eigenvalue weighted by Crippen LogP contribution is -2.28. The van der Waals surface area contributed by atoms with E-state index in [0.717, 1.165) is 18.7 Å². The smallest absolute Gasteiger partial charge is 0.0782 e. The van der Waals surface area contributed by atoms with Gasteiger partial charge in [0.25, 0.3) is 0 Å². The summed E-state index contributed by atoms with van der Waals surface area (Å²) in [5, 5.41) is 1.77. The van der Waals surface area contributed by atoms with Gasteiger partial charge in [0.1, 0.15) is 0 Å². The Hall–Kier alpha value is -0.760. The summed E-state index contributed by atoms with van der Waals surface area (Å²) >= 11 is 0. The molecule has 12 heavy (non-hydrogen) atoms. The van der Waals surface area contributed by atoms with Gasteiger partial charge in [-0.3, -0.25) is 9.90 Å². The second kappa shape index (κ2) is 3.31. The van der Waals surface area contributed by atoms with Crippen molar-refractivity contribution in [2.75, 3.05) is 13.7 Å². The van der Waals surface area contributed by atoms with Gasteiger partial charge in [-0.1, -0.05) is 32.6 Å². The molecule has 0 aromatic heterocycles. The second-order valence-corrected chi connectivity index (χ2v) is 3.69. The topological polar surface area (TPSA) is 12.5 Å². The van der Waals surface area contributed by atoms with Gasteiger partial charge in [0, 0.05) is 18.2 Å². The standard InChI is InChI=1S/C10H17NO/c1-9-10(2,3)7-5-6-8-12-11(9)4/h5,7H,1,6,8H2,2-4H3/b7-5-. The molecule has 2 heteroatoms. The summed E-state index contributed by atoms with van der Waals surface area (Å²) in [6.07, 6.45) is 5.31. The van der Waals surface area contributed by atoms with Gasteiger partial charge < -0.3 is 0 Å². The predicted octanol–water partition coefficient (Wildman–Crippen LogP) is 2.35. The maximum absolute atomic E-state index is 5.41.